The smallest absolute Gasteiger partial charge is 0.405 e. The summed E-state index contributed by atoms with van der Waals surface area (Å²) in [5, 5.41) is 24.7. The zero-order valence-electron chi connectivity index (χ0n) is 25.8. The van der Waals surface area contributed by atoms with Crippen LogP contribution >= 0.6 is 0 Å². The molecule has 1 saturated heterocycles. The van der Waals surface area contributed by atoms with E-state index in [0.29, 0.717) is 24.5 Å². The fourth-order valence-electron chi connectivity index (χ4n) is 5.15. The monoisotopic (exact) mass is 631 g/mol. The highest BCUT2D eigenvalue weighted by Crippen LogP contribution is 2.40. The molecule has 3 aromatic rings. The van der Waals surface area contributed by atoms with Gasteiger partial charge in [0, 0.05) is 25.2 Å². The van der Waals surface area contributed by atoms with Crippen molar-refractivity contribution in [1.82, 2.24) is 15.3 Å². The average Bonchev–Trinajstić information content (AvgIpc) is 2.93. The Morgan fingerprint density at radius 3 is 2.41 bits per heavy atom. The van der Waals surface area contributed by atoms with Crippen molar-refractivity contribution in [3.63, 3.8) is 0 Å². The van der Waals surface area contributed by atoms with Crippen molar-refractivity contribution in [2.24, 2.45) is 5.92 Å². The van der Waals surface area contributed by atoms with Crippen molar-refractivity contribution in [2.45, 2.75) is 71.1 Å². The Hall–Kier alpha value is -3.68. The molecule has 0 unspecified atom stereocenters. The van der Waals surface area contributed by atoms with E-state index in [1.54, 1.807) is 12.4 Å². The number of hydrogen-bond donors (Lipinski definition) is 4. The number of nitrogens with one attached hydrogen (secondary N) is 2. The summed E-state index contributed by atoms with van der Waals surface area (Å²) >= 11 is 0. The highest BCUT2D eigenvalue weighted by Gasteiger charge is 2.45. The molecule has 4 N–H and O–H groups in total. The largest absolute Gasteiger partial charge is 0.465 e. The van der Waals surface area contributed by atoms with Gasteiger partial charge in [-0.15, -0.1) is 0 Å². The number of aromatic nitrogens is 2. The standard InChI is InChI=1S/C31H40F3N5O4Si/c1-18-15-39(16-25(38-30(41)42)29(18)43-44(5,6)31(2,3)4)26-9-10-35-14-24(26)36-13-20-7-8-21(32)28(37-20)27-22(33)11-19(17-40)12-23(27)34/h7-12,14,18,25,29,36,38,40H,13,15-17H2,1-6H3,(H,41,42)/t18-,25+,29+/m0/s1. The Labute approximate surface area is 256 Å². The van der Waals surface area contributed by atoms with E-state index in [-0.39, 0.29) is 29.2 Å². The second kappa shape index (κ2) is 13.1. The van der Waals surface area contributed by atoms with Gasteiger partial charge >= 0.3 is 6.09 Å². The summed E-state index contributed by atoms with van der Waals surface area (Å²) in [5.41, 5.74) is 0.648. The van der Waals surface area contributed by atoms with Crippen LogP contribution in [0.4, 0.5) is 29.3 Å². The molecule has 238 valence electrons. The summed E-state index contributed by atoms with van der Waals surface area (Å²) in [5.74, 6) is -2.96. The maximum absolute atomic E-state index is 14.7. The van der Waals surface area contributed by atoms with Gasteiger partial charge in [0.1, 0.15) is 23.1 Å². The number of hydrogen-bond acceptors (Lipinski definition) is 7. The molecule has 1 aliphatic heterocycles. The van der Waals surface area contributed by atoms with Crippen molar-refractivity contribution in [2.75, 3.05) is 23.3 Å². The van der Waals surface area contributed by atoms with Crippen LogP contribution in [0, 0.1) is 23.4 Å². The lowest BCUT2D eigenvalue weighted by molar-refractivity contribution is 0.0722. The van der Waals surface area contributed by atoms with Crippen molar-refractivity contribution in [3.8, 4) is 11.3 Å². The fourth-order valence-corrected chi connectivity index (χ4v) is 6.58. The summed E-state index contributed by atoms with van der Waals surface area (Å²) in [7, 11) is -2.20. The second-order valence-corrected chi connectivity index (χ2v) is 17.5. The summed E-state index contributed by atoms with van der Waals surface area (Å²) < 4.78 is 50.8. The van der Waals surface area contributed by atoms with E-state index in [2.05, 4.69) is 59.4 Å². The first-order valence-electron chi connectivity index (χ1n) is 14.5. The Morgan fingerprint density at radius 1 is 1.11 bits per heavy atom. The van der Waals surface area contributed by atoms with Gasteiger partial charge in [0.15, 0.2) is 8.32 Å². The SMILES string of the molecule is C[C@H]1CN(c2ccncc2NCc2ccc(F)c(-c3c(F)cc(CO)cc3F)n2)C[C@@H](NC(=O)O)[C@@H]1O[Si](C)(C)C(C)(C)C. The number of halogens is 3. The Kier molecular flexibility index (Phi) is 9.91. The van der Waals surface area contributed by atoms with Gasteiger partial charge < -0.3 is 30.2 Å². The van der Waals surface area contributed by atoms with Gasteiger partial charge in [-0.05, 0) is 54.0 Å². The summed E-state index contributed by atoms with van der Waals surface area (Å²) in [4.78, 5) is 22.3. The van der Waals surface area contributed by atoms with Crippen LogP contribution < -0.4 is 15.5 Å². The number of amides is 1. The van der Waals surface area contributed by atoms with Crippen LogP contribution in [0.2, 0.25) is 18.1 Å². The molecule has 0 radical (unpaired) electrons. The number of anilines is 2. The van der Waals surface area contributed by atoms with Crippen molar-refractivity contribution in [3.05, 3.63) is 71.4 Å². The molecule has 1 aromatic carbocycles. The third-order valence-corrected chi connectivity index (χ3v) is 12.9. The lowest BCUT2D eigenvalue weighted by Gasteiger charge is -2.48. The third kappa shape index (κ3) is 7.33. The molecule has 0 aliphatic carbocycles. The van der Waals surface area contributed by atoms with E-state index in [0.717, 1.165) is 23.9 Å². The highest BCUT2D eigenvalue weighted by molar-refractivity contribution is 6.74. The molecular weight excluding hydrogens is 591 g/mol. The minimum atomic E-state index is -2.20. The number of pyridine rings is 2. The lowest BCUT2D eigenvalue weighted by Crippen LogP contribution is -2.62. The molecule has 13 heteroatoms. The van der Waals surface area contributed by atoms with Gasteiger partial charge in [-0.1, -0.05) is 27.7 Å². The summed E-state index contributed by atoms with van der Waals surface area (Å²) in [6, 6.07) is 5.73. The minimum absolute atomic E-state index is 0.0147. The van der Waals surface area contributed by atoms with Gasteiger partial charge in [-0.3, -0.25) is 4.98 Å². The third-order valence-electron chi connectivity index (χ3n) is 8.45. The molecule has 1 aliphatic rings. The average molecular weight is 632 g/mol. The molecule has 1 amide bonds. The second-order valence-electron chi connectivity index (χ2n) is 12.8. The number of nitrogens with zero attached hydrogens (tertiary/aromatic N) is 3. The van der Waals surface area contributed by atoms with Crippen LogP contribution in [0.15, 0.2) is 42.7 Å². The Morgan fingerprint density at radius 2 is 1.80 bits per heavy atom. The first-order chi connectivity index (χ1) is 20.6. The Bertz CT molecular complexity index is 1480. The molecule has 44 heavy (non-hydrogen) atoms. The number of rotatable bonds is 9. The van der Waals surface area contributed by atoms with Crippen LogP contribution in [0.25, 0.3) is 11.3 Å². The van der Waals surface area contributed by atoms with Crippen LogP contribution in [-0.2, 0) is 17.6 Å². The molecule has 2 aromatic heterocycles. The van der Waals surface area contributed by atoms with Gasteiger partial charge in [0.25, 0.3) is 0 Å². The first kappa shape index (κ1) is 33.2. The van der Waals surface area contributed by atoms with Crippen molar-refractivity contribution in [1.29, 1.82) is 0 Å². The predicted molar refractivity (Wildman–Crippen MR) is 165 cm³/mol. The first-order valence-corrected chi connectivity index (χ1v) is 17.4. The zero-order valence-corrected chi connectivity index (χ0v) is 26.8. The molecule has 9 nitrogen and oxygen atoms in total. The van der Waals surface area contributed by atoms with Crippen LogP contribution in [-0.4, -0.2) is 59.8 Å². The normalized spacial score (nSPS) is 19.1. The van der Waals surface area contributed by atoms with Crippen LogP contribution in [0.3, 0.4) is 0 Å². The Balaban J connectivity index is 1.57. The van der Waals surface area contributed by atoms with Crippen molar-refractivity contribution < 1.29 is 32.6 Å². The van der Waals surface area contributed by atoms with E-state index in [9.17, 15) is 28.2 Å². The van der Waals surface area contributed by atoms with E-state index in [4.69, 9.17) is 4.43 Å². The predicted octanol–water partition coefficient (Wildman–Crippen LogP) is 6.15. The van der Waals surface area contributed by atoms with Gasteiger partial charge in [-0.25, -0.2) is 22.9 Å². The van der Waals surface area contributed by atoms with Gasteiger partial charge in [-0.2, -0.15) is 0 Å². The zero-order chi connectivity index (χ0) is 32.4. The topological polar surface area (TPSA) is 120 Å². The van der Waals surface area contributed by atoms with E-state index >= 15 is 0 Å². The van der Waals surface area contributed by atoms with Gasteiger partial charge in [0.05, 0.1) is 54.1 Å². The van der Waals surface area contributed by atoms with Gasteiger partial charge in [0.2, 0.25) is 0 Å². The molecule has 3 heterocycles. The highest BCUT2D eigenvalue weighted by atomic mass is 28.4. The van der Waals surface area contributed by atoms with E-state index < -0.39 is 55.8 Å². The lowest BCUT2D eigenvalue weighted by atomic mass is 9.92. The maximum Gasteiger partial charge on any atom is 0.405 e. The molecule has 4 rings (SSSR count). The maximum atomic E-state index is 14.7. The quantitative estimate of drug-likeness (QED) is 0.208. The number of aliphatic hydroxyl groups is 1. The molecule has 0 saturated carbocycles. The molecular formula is C31H40F3N5O4Si. The van der Waals surface area contributed by atoms with Crippen LogP contribution in [0.1, 0.15) is 39.0 Å². The number of piperidine rings is 1. The number of benzene rings is 1. The molecule has 0 spiro atoms. The van der Waals surface area contributed by atoms with E-state index in [1.165, 1.54) is 6.07 Å². The molecule has 0 bridgehead atoms. The van der Waals surface area contributed by atoms with E-state index in [1.807, 2.05) is 13.0 Å². The number of aliphatic hydroxyl groups excluding tert-OH is 1. The molecule has 1 fully saturated rings. The summed E-state index contributed by atoms with van der Waals surface area (Å²) in [6.07, 6.45) is 1.82. The number of carboxylic acid groups (broad SMARTS) is 1. The minimum Gasteiger partial charge on any atom is -0.465 e. The number of carbonyl (C=O) groups is 1. The fraction of sp³-hybridized carbons (Fsp3) is 0.452. The summed E-state index contributed by atoms with van der Waals surface area (Å²) in [6.45, 7) is 13.3. The van der Waals surface area contributed by atoms with Crippen LogP contribution in [0.5, 0.6) is 0 Å². The van der Waals surface area contributed by atoms with Crippen molar-refractivity contribution >= 4 is 25.8 Å². The molecule has 3 atom stereocenters.